The molecule has 1 N–H and O–H groups in total. The Morgan fingerprint density at radius 2 is 1.67 bits per heavy atom. The average Bonchev–Trinajstić information content (AvgIpc) is 3.00. The van der Waals surface area contributed by atoms with Crippen LogP contribution in [-0.2, 0) is 9.59 Å². The van der Waals surface area contributed by atoms with Crippen molar-refractivity contribution in [2.24, 2.45) is 0 Å². The van der Waals surface area contributed by atoms with E-state index in [1.165, 1.54) is 7.11 Å². The van der Waals surface area contributed by atoms with Crippen molar-refractivity contribution in [1.82, 2.24) is 0 Å². The lowest BCUT2D eigenvalue weighted by atomic mass is 10.0. The van der Waals surface area contributed by atoms with E-state index >= 15 is 0 Å². The monoisotopic (exact) mass is 418 g/mol. The van der Waals surface area contributed by atoms with Gasteiger partial charge in [-0.15, -0.1) is 0 Å². The van der Waals surface area contributed by atoms with Crippen LogP contribution in [0.25, 0.3) is 5.57 Å². The van der Waals surface area contributed by atoms with E-state index in [1.54, 1.807) is 36.4 Å². The number of methoxy groups -OCH3 is 1. The molecule has 1 aliphatic heterocycles. The van der Waals surface area contributed by atoms with Crippen LogP contribution in [0.1, 0.15) is 11.1 Å². The summed E-state index contributed by atoms with van der Waals surface area (Å²) in [5.74, 6) is -0.283. The molecule has 0 bridgehead atoms. The molecule has 3 aromatic carbocycles. The van der Waals surface area contributed by atoms with Gasteiger partial charge in [0.25, 0.3) is 11.8 Å². The molecule has 1 aliphatic rings. The van der Waals surface area contributed by atoms with Crippen LogP contribution in [0.3, 0.4) is 0 Å². The van der Waals surface area contributed by atoms with Crippen LogP contribution in [0.5, 0.6) is 5.75 Å². The molecule has 4 rings (SSSR count). The summed E-state index contributed by atoms with van der Waals surface area (Å²) in [6.45, 7) is 1.91. The molecule has 0 atom stereocenters. The number of ether oxygens (including phenoxy) is 1. The Labute approximate surface area is 179 Å². The molecule has 150 valence electrons. The number of amides is 2. The van der Waals surface area contributed by atoms with Gasteiger partial charge in [-0.3, -0.25) is 9.59 Å². The van der Waals surface area contributed by atoms with Gasteiger partial charge < -0.3 is 10.1 Å². The highest BCUT2D eigenvalue weighted by molar-refractivity contribution is 6.46. The van der Waals surface area contributed by atoms with Gasteiger partial charge in [0.1, 0.15) is 11.4 Å². The third-order valence-electron chi connectivity index (χ3n) is 4.92. The van der Waals surface area contributed by atoms with E-state index in [1.807, 2.05) is 43.3 Å². The van der Waals surface area contributed by atoms with Crippen LogP contribution in [0.15, 0.2) is 78.5 Å². The minimum absolute atomic E-state index is 0.208. The van der Waals surface area contributed by atoms with Crippen molar-refractivity contribution >= 4 is 40.4 Å². The first-order valence-electron chi connectivity index (χ1n) is 9.35. The van der Waals surface area contributed by atoms with Crippen molar-refractivity contribution in [1.29, 1.82) is 0 Å². The third kappa shape index (κ3) is 3.55. The second kappa shape index (κ2) is 8.05. The number of carbonyl (C=O) groups is 2. The third-order valence-corrected chi connectivity index (χ3v) is 5.15. The largest absolute Gasteiger partial charge is 0.497 e. The first-order chi connectivity index (χ1) is 14.5. The number of rotatable bonds is 5. The highest BCUT2D eigenvalue weighted by Crippen LogP contribution is 2.35. The number of aryl methyl sites for hydroxylation is 1. The summed E-state index contributed by atoms with van der Waals surface area (Å²) >= 11 is 6.15. The van der Waals surface area contributed by atoms with Crippen molar-refractivity contribution < 1.29 is 14.3 Å². The number of nitrogens with zero attached hydrogens (tertiary/aromatic N) is 1. The minimum atomic E-state index is -0.438. The first kappa shape index (κ1) is 19.7. The quantitative estimate of drug-likeness (QED) is 0.589. The lowest BCUT2D eigenvalue weighted by molar-refractivity contribution is -0.120. The number of halogens is 1. The number of imide groups is 1. The Bertz CT molecular complexity index is 1170. The van der Waals surface area contributed by atoms with E-state index in [9.17, 15) is 9.59 Å². The number of benzene rings is 3. The van der Waals surface area contributed by atoms with Gasteiger partial charge in [0.15, 0.2) is 0 Å². The Balaban J connectivity index is 1.84. The van der Waals surface area contributed by atoms with Gasteiger partial charge in [0.05, 0.1) is 18.4 Å². The molecule has 1 heterocycles. The van der Waals surface area contributed by atoms with E-state index in [4.69, 9.17) is 16.3 Å². The smallest absolute Gasteiger partial charge is 0.282 e. The fourth-order valence-corrected chi connectivity index (χ4v) is 3.54. The Hall–Kier alpha value is -3.57. The standard InChI is InChI=1S/C24H19ClN2O3/c1-15-11-12-17(25)13-20(15)26-22-21(16-7-4-3-5-8-16)23(28)27(24(22)29)18-9-6-10-19(14-18)30-2/h3-14,26H,1-2H3. The summed E-state index contributed by atoms with van der Waals surface area (Å²) in [6, 6.07) is 21.4. The minimum Gasteiger partial charge on any atom is -0.497 e. The molecule has 0 aromatic heterocycles. The maximum absolute atomic E-state index is 13.4. The van der Waals surface area contributed by atoms with Crippen molar-refractivity contribution in [3.63, 3.8) is 0 Å². The predicted molar refractivity (Wildman–Crippen MR) is 119 cm³/mol. The maximum Gasteiger partial charge on any atom is 0.282 e. The number of nitrogens with one attached hydrogen (secondary N) is 1. The number of hydrogen-bond donors (Lipinski definition) is 1. The average molecular weight is 419 g/mol. The number of carbonyl (C=O) groups excluding carboxylic acids is 2. The summed E-state index contributed by atoms with van der Waals surface area (Å²) in [5.41, 5.74) is 3.18. The van der Waals surface area contributed by atoms with Gasteiger partial charge in [0.2, 0.25) is 0 Å². The van der Waals surface area contributed by atoms with Crippen molar-refractivity contribution in [3.05, 3.63) is 94.6 Å². The number of hydrogen-bond acceptors (Lipinski definition) is 4. The second-order valence-electron chi connectivity index (χ2n) is 6.85. The number of anilines is 2. The molecular formula is C24H19ClN2O3. The molecule has 0 fully saturated rings. The van der Waals surface area contributed by atoms with Crippen LogP contribution < -0.4 is 15.0 Å². The zero-order valence-corrected chi connectivity index (χ0v) is 17.2. The molecular weight excluding hydrogens is 400 g/mol. The van der Waals surface area contributed by atoms with E-state index in [0.29, 0.717) is 33.3 Å². The summed E-state index contributed by atoms with van der Waals surface area (Å²) in [6.07, 6.45) is 0. The van der Waals surface area contributed by atoms with Crippen molar-refractivity contribution in [2.45, 2.75) is 6.92 Å². The topological polar surface area (TPSA) is 58.6 Å². The van der Waals surface area contributed by atoms with Gasteiger partial charge >= 0.3 is 0 Å². The van der Waals surface area contributed by atoms with E-state index in [-0.39, 0.29) is 5.70 Å². The maximum atomic E-state index is 13.4. The van der Waals surface area contributed by atoms with E-state index in [2.05, 4.69) is 5.32 Å². The summed E-state index contributed by atoms with van der Waals surface area (Å²) in [7, 11) is 1.54. The van der Waals surface area contributed by atoms with E-state index in [0.717, 1.165) is 10.5 Å². The van der Waals surface area contributed by atoms with Gasteiger partial charge in [-0.25, -0.2) is 4.90 Å². The fraction of sp³-hybridized carbons (Fsp3) is 0.0833. The van der Waals surface area contributed by atoms with Gasteiger partial charge in [-0.2, -0.15) is 0 Å². The Kier molecular flexibility index (Phi) is 5.29. The predicted octanol–water partition coefficient (Wildman–Crippen LogP) is 5.05. The molecule has 3 aromatic rings. The highest BCUT2D eigenvalue weighted by Gasteiger charge is 2.40. The molecule has 0 aliphatic carbocycles. The van der Waals surface area contributed by atoms with Crippen LogP contribution in [0.4, 0.5) is 11.4 Å². The molecule has 0 radical (unpaired) electrons. The normalized spacial score (nSPS) is 13.8. The molecule has 0 unspecified atom stereocenters. The summed E-state index contributed by atoms with van der Waals surface area (Å²) in [4.78, 5) is 28.0. The van der Waals surface area contributed by atoms with Crippen LogP contribution >= 0.6 is 11.6 Å². The Morgan fingerprint density at radius 1 is 0.900 bits per heavy atom. The second-order valence-corrected chi connectivity index (χ2v) is 7.28. The molecule has 30 heavy (non-hydrogen) atoms. The van der Waals surface area contributed by atoms with Gasteiger partial charge in [-0.05, 0) is 42.3 Å². The summed E-state index contributed by atoms with van der Waals surface area (Å²) in [5, 5.41) is 3.69. The lowest BCUT2D eigenvalue weighted by Gasteiger charge is -2.16. The van der Waals surface area contributed by atoms with E-state index < -0.39 is 11.8 Å². The van der Waals surface area contributed by atoms with Crippen LogP contribution in [-0.4, -0.2) is 18.9 Å². The lowest BCUT2D eigenvalue weighted by Crippen LogP contribution is -2.32. The van der Waals surface area contributed by atoms with Crippen molar-refractivity contribution in [3.8, 4) is 5.75 Å². The molecule has 0 saturated heterocycles. The zero-order valence-electron chi connectivity index (χ0n) is 16.5. The Morgan fingerprint density at radius 3 is 2.40 bits per heavy atom. The highest BCUT2D eigenvalue weighted by atomic mass is 35.5. The van der Waals surface area contributed by atoms with Gasteiger partial charge in [0, 0.05) is 16.8 Å². The van der Waals surface area contributed by atoms with Crippen molar-refractivity contribution in [2.75, 3.05) is 17.3 Å². The molecule has 2 amide bonds. The molecule has 0 spiro atoms. The first-order valence-corrected chi connectivity index (χ1v) is 9.73. The molecule has 0 saturated carbocycles. The molecule has 6 heteroatoms. The zero-order chi connectivity index (χ0) is 21.3. The molecule has 5 nitrogen and oxygen atoms in total. The SMILES string of the molecule is COc1cccc(N2C(=O)C(Nc3cc(Cl)ccc3C)=C(c3ccccc3)C2=O)c1. The van der Waals surface area contributed by atoms with Gasteiger partial charge in [-0.1, -0.05) is 54.1 Å². The van der Waals surface area contributed by atoms with Crippen LogP contribution in [0.2, 0.25) is 5.02 Å². The summed E-state index contributed by atoms with van der Waals surface area (Å²) < 4.78 is 5.25. The fourth-order valence-electron chi connectivity index (χ4n) is 3.37. The van der Waals surface area contributed by atoms with Crippen LogP contribution in [0, 0.1) is 6.92 Å².